The first-order valence-electron chi connectivity index (χ1n) is 8.32. The fraction of sp³-hybridized carbons (Fsp3) is 0.444. The number of rotatable bonds is 8. The molecule has 0 aliphatic rings. The Balaban J connectivity index is 1.72. The highest BCUT2D eigenvalue weighted by Gasteiger charge is 2.01. The van der Waals surface area contributed by atoms with Gasteiger partial charge in [0.05, 0.1) is 0 Å². The van der Waals surface area contributed by atoms with Gasteiger partial charge in [0, 0.05) is 45.6 Å². The number of nitrogens with zero attached hydrogens (tertiary/aromatic N) is 4. The highest BCUT2D eigenvalue weighted by atomic mass is 15.3. The molecule has 1 aromatic heterocycles. The third kappa shape index (κ3) is 6.42. The summed E-state index contributed by atoms with van der Waals surface area (Å²) in [7, 11) is 5.96. The maximum Gasteiger partial charge on any atom is 0.191 e. The van der Waals surface area contributed by atoms with E-state index in [0.29, 0.717) is 0 Å². The normalized spacial score (nSPS) is 11.8. The summed E-state index contributed by atoms with van der Waals surface area (Å²) in [4.78, 5) is 6.45. The summed E-state index contributed by atoms with van der Waals surface area (Å²) in [6.07, 6.45) is 4.78. The minimum atomic E-state index is 0.764. The quantitative estimate of drug-likeness (QED) is 0.440. The van der Waals surface area contributed by atoms with Gasteiger partial charge in [0.25, 0.3) is 0 Å². The van der Waals surface area contributed by atoms with Gasteiger partial charge in [-0.25, -0.2) is 0 Å². The van der Waals surface area contributed by atoms with Gasteiger partial charge in [-0.15, -0.1) is 0 Å². The van der Waals surface area contributed by atoms with Crippen LogP contribution in [0.2, 0.25) is 0 Å². The molecule has 0 saturated heterocycles. The second-order valence-corrected chi connectivity index (χ2v) is 6.03. The van der Waals surface area contributed by atoms with Crippen LogP contribution < -0.4 is 10.6 Å². The Morgan fingerprint density at radius 1 is 1.21 bits per heavy atom. The lowest BCUT2D eigenvalue weighted by molar-refractivity contribution is 0.402. The highest BCUT2D eigenvalue weighted by molar-refractivity contribution is 5.79. The largest absolute Gasteiger partial charge is 0.356 e. The van der Waals surface area contributed by atoms with Crippen molar-refractivity contribution in [3.63, 3.8) is 0 Å². The molecule has 0 aliphatic carbocycles. The average molecular weight is 328 g/mol. The number of hydrogen-bond donors (Lipinski definition) is 2. The molecule has 0 unspecified atom stereocenters. The SMILES string of the molecule is CN=C(NCCCn1cccn1)NCc1cccc(CN(C)C)c1. The Morgan fingerprint density at radius 2 is 2.04 bits per heavy atom. The minimum absolute atomic E-state index is 0.764. The van der Waals surface area contributed by atoms with Gasteiger partial charge >= 0.3 is 0 Å². The topological polar surface area (TPSA) is 57.5 Å². The molecule has 0 bridgehead atoms. The van der Waals surface area contributed by atoms with E-state index in [2.05, 4.69) is 64.0 Å². The van der Waals surface area contributed by atoms with E-state index >= 15 is 0 Å². The number of nitrogens with one attached hydrogen (secondary N) is 2. The maximum atomic E-state index is 4.27. The number of aromatic nitrogens is 2. The van der Waals surface area contributed by atoms with Crippen molar-refractivity contribution in [2.24, 2.45) is 4.99 Å². The van der Waals surface area contributed by atoms with E-state index in [1.54, 1.807) is 13.2 Å². The molecule has 0 aliphatic heterocycles. The van der Waals surface area contributed by atoms with Crippen LogP contribution in [-0.2, 0) is 19.6 Å². The van der Waals surface area contributed by atoms with Crippen molar-refractivity contribution < 1.29 is 0 Å². The van der Waals surface area contributed by atoms with Crippen molar-refractivity contribution in [1.82, 2.24) is 25.3 Å². The van der Waals surface area contributed by atoms with Crippen LogP contribution in [0.5, 0.6) is 0 Å². The van der Waals surface area contributed by atoms with Crippen LogP contribution in [0.25, 0.3) is 0 Å². The Bertz CT molecular complexity index is 618. The zero-order valence-electron chi connectivity index (χ0n) is 14.9. The Kier molecular flexibility index (Phi) is 7.29. The summed E-state index contributed by atoms with van der Waals surface area (Å²) in [5.41, 5.74) is 2.58. The smallest absolute Gasteiger partial charge is 0.191 e. The molecule has 2 N–H and O–H groups in total. The van der Waals surface area contributed by atoms with Crippen molar-refractivity contribution in [2.45, 2.75) is 26.1 Å². The molecule has 6 heteroatoms. The predicted octanol–water partition coefficient (Wildman–Crippen LogP) is 1.70. The summed E-state index contributed by atoms with van der Waals surface area (Å²) in [6, 6.07) is 10.6. The minimum Gasteiger partial charge on any atom is -0.356 e. The van der Waals surface area contributed by atoms with E-state index < -0.39 is 0 Å². The third-order valence-electron chi connectivity index (χ3n) is 3.59. The van der Waals surface area contributed by atoms with E-state index in [-0.39, 0.29) is 0 Å². The second-order valence-electron chi connectivity index (χ2n) is 6.03. The standard InChI is InChI=1S/C18H28N6/c1-19-18(20-9-5-11-24-12-6-10-22-24)21-14-16-7-4-8-17(13-16)15-23(2)3/h4,6-8,10,12-13H,5,9,11,14-15H2,1-3H3,(H2,19,20,21). The van der Waals surface area contributed by atoms with E-state index in [9.17, 15) is 0 Å². The van der Waals surface area contributed by atoms with Gasteiger partial charge < -0.3 is 15.5 Å². The monoisotopic (exact) mass is 328 g/mol. The van der Waals surface area contributed by atoms with Crippen LogP contribution >= 0.6 is 0 Å². The van der Waals surface area contributed by atoms with E-state index in [0.717, 1.165) is 38.6 Å². The molecular weight excluding hydrogens is 300 g/mol. The molecule has 2 rings (SSSR count). The Labute approximate surface area is 144 Å². The molecule has 0 atom stereocenters. The highest BCUT2D eigenvalue weighted by Crippen LogP contribution is 2.06. The van der Waals surface area contributed by atoms with Crippen molar-refractivity contribution in [2.75, 3.05) is 27.7 Å². The van der Waals surface area contributed by atoms with Crippen molar-refractivity contribution in [3.05, 3.63) is 53.9 Å². The van der Waals surface area contributed by atoms with Gasteiger partial charge in [0.15, 0.2) is 5.96 Å². The molecule has 1 aromatic carbocycles. The number of guanidine groups is 1. The molecule has 24 heavy (non-hydrogen) atoms. The Hall–Kier alpha value is -2.34. The summed E-state index contributed by atoms with van der Waals surface area (Å²) < 4.78 is 1.94. The van der Waals surface area contributed by atoms with Gasteiger partial charge in [-0.1, -0.05) is 24.3 Å². The number of hydrogen-bond acceptors (Lipinski definition) is 3. The fourth-order valence-electron chi connectivity index (χ4n) is 2.49. The molecule has 0 spiro atoms. The van der Waals surface area contributed by atoms with Crippen molar-refractivity contribution in [3.8, 4) is 0 Å². The lowest BCUT2D eigenvalue weighted by Crippen LogP contribution is -2.37. The first-order chi connectivity index (χ1) is 11.7. The van der Waals surface area contributed by atoms with Gasteiger partial charge in [-0.3, -0.25) is 9.67 Å². The number of aliphatic imine (C=N–C) groups is 1. The van der Waals surface area contributed by atoms with Gasteiger partial charge in [0.1, 0.15) is 0 Å². The maximum absolute atomic E-state index is 4.27. The summed E-state index contributed by atoms with van der Waals surface area (Å²) in [5, 5.41) is 10.9. The molecule has 130 valence electrons. The molecule has 1 heterocycles. The lowest BCUT2D eigenvalue weighted by Gasteiger charge is -2.14. The van der Waals surface area contributed by atoms with E-state index in [1.807, 2.05) is 16.9 Å². The predicted molar refractivity (Wildman–Crippen MR) is 98.9 cm³/mol. The van der Waals surface area contributed by atoms with Gasteiger partial charge in [-0.2, -0.15) is 5.10 Å². The van der Waals surface area contributed by atoms with Crippen LogP contribution in [0, 0.1) is 0 Å². The van der Waals surface area contributed by atoms with Crippen molar-refractivity contribution in [1.29, 1.82) is 0 Å². The van der Waals surface area contributed by atoms with E-state index in [4.69, 9.17) is 0 Å². The van der Waals surface area contributed by atoms with Crippen LogP contribution in [0.1, 0.15) is 17.5 Å². The second kappa shape index (κ2) is 9.72. The van der Waals surface area contributed by atoms with E-state index in [1.165, 1.54) is 11.1 Å². The average Bonchev–Trinajstić information content (AvgIpc) is 3.07. The van der Waals surface area contributed by atoms with Crippen molar-refractivity contribution >= 4 is 5.96 Å². The molecule has 6 nitrogen and oxygen atoms in total. The summed E-state index contributed by atoms with van der Waals surface area (Å²) in [6.45, 7) is 3.48. The van der Waals surface area contributed by atoms with Gasteiger partial charge in [0.2, 0.25) is 0 Å². The fourth-order valence-corrected chi connectivity index (χ4v) is 2.49. The van der Waals surface area contributed by atoms with Crippen LogP contribution in [0.4, 0.5) is 0 Å². The summed E-state index contributed by atoms with van der Waals surface area (Å²) in [5.74, 6) is 0.827. The van der Waals surface area contributed by atoms with Crippen LogP contribution in [-0.4, -0.2) is 48.3 Å². The zero-order valence-corrected chi connectivity index (χ0v) is 14.9. The first kappa shape index (κ1) is 18.0. The lowest BCUT2D eigenvalue weighted by atomic mass is 10.1. The first-order valence-corrected chi connectivity index (χ1v) is 8.32. The van der Waals surface area contributed by atoms with Crippen LogP contribution in [0.3, 0.4) is 0 Å². The third-order valence-corrected chi connectivity index (χ3v) is 3.59. The number of aryl methyl sites for hydroxylation is 1. The molecule has 0 amide bonds. The molecule has 0 fully saturated rings. The van der Waals surface area contributed by atoms with Crippen LogP contribution in [0.15, 0.2) is 47.7 Å². The molecule has 0 radical (unpaired) electrons. The zero-order chi connectivity index (χ0) is 17.2. The molecule has 2 aromatic rings. The molecule has 0 saturated carbocycles. The Morgan fingerprint density at radius 3 is 2.75 bits per heavy atom. The molecular formula is C18H28N6. The van der Waals surface area contributed by atoms with Gasteiger partial charge in [-0.05, 0) is 37.7 Å². The number of benzene rings is 1. The summed E-state index contributed by atoms with van der Waals surface area (Å²) >= 11 is 0.